The minimum absolute atomic E-state index is 0.0676. The summed E-state index contributed by atoms with van der Waals surface area (Å²) < 4.78 is 0. The van der Waals surface area contributed by atoms with E-state index in [-0.39, 0.29) is 5.78 Å². The molecule has 1 unspecified atom stereocenters. The molecule has 0 amide bonds. The van der Waals surface area contributed by atoms with Crippen LogP contribution in [0.25, 0.3) is 0 Å². The zero-order chi connectivity index (χ0) is 12.7. The Bertz CT molecular complexity index is 545. The lowest BCUT2D eigenvalue weighted by molar-refractivity contribution is -0.116. The van der Waals surface area contributed by atoms with Crippen LogP contribution in [0.3, 0.4) is 0 Å². The van der Waals surface area contributed by atoms with Gasteiger partial charge in [-0.05, 0) is 36.0 Å². The Labute approximate surface area is 107 Å². The molecule has 2 aliphatic rings. The number of nitrogens with one attached hydrogen (secondary N) is 1. The third kappa shape index (κ3) is 1.70. The first-order valence-corrected chi connectivity index (χ1v) is 6.59. The van der Waals surface area contributed by atoms with Gasteiger partial charge in [0.2, 0.25) is 0 Å². The van der Waals surface area contributed by atoms with Gasteiger partial charge in [-0.15, -0.1) is 0 Å². The van der Waals surface area contributed by atoms with Crippen LogP contribution in [0.2, 0.25) is 0 Å². The summed E-state index contributed by atoms with van der Waals surface area (Å²) in [5.74, 6) is 0.0676. The van der Waals surface area contributed by atoms with Crippen LogP contribution >= 0.6 is 0 Å². The summed E-state index contributed by atoms with van der Waals surface area (Å²) in [7, 11) is 0. The van der Waals surface area contributed by atoms with Gasteiger partial charge in [-0.2, -0.15) is 0 Å². The van der Waals surface area contributed by atoms with Gasteiger partial charge in [0.05, 0.1) is 18.2 Å². The van der Waals surface area contributed by atoms with E-state index in [2.05, 4.69) is 30.4 Å². The van der Waals surface area contributed by atoms with Gasteiger partial charge >= 0.3 is 0 Å². The van der Waals surface area contributed by atoms with Gasteiger partial charge in [-0.1, -0.05) is 25.1 Å². The molecule has 0 saturated carbocycles. The number of benzene rings is 1. The molecule has 1 atom stereocenters. The number of fused-ring (bicyclic) bond motifs is 1. The molecule has 0 heterocycles. The first-order valence-electron chi connectivity index (χ1n) is 6.59. The molecule has 0 spiro atoms. The fourth-order valence-electron chi connectivity index (χ4n) is 2.77. The molecule has 2 aliphatic carbocycles. The van der Waals surface area contributed by atoms with Crippen molar-refractivity contribution in [3.63, 3.8) is 0 Å². The second-order valence-electron chi connectivity index (χ2n) is 5.11. The van der Waals surface area contributed by atoms with Crippen LogP contribution in [0.15, 0.2) is 29.6 Å². The largest absolute Gasteiger partial charge is 0.394 e. The number of allylic oxidation sites excluding steroid dienone is 2. The molecular weight excluding hydrogens is 224 g/mol. The zero-order valence-corrected chi connectivity index (χ0v) is 10.6. The molecule has 18 heavy (non-hydrogen) atoms. The molecule has 0 aromatic heterocycles. The lowest BCUT2D eigenvalue weighted by Crippen LogP contribution is -2.34. The zero-order valence-electron chi connectivity index (χ0n) is 10.6. The standard InChI is InChI=1S/C15H18N2O/c1-2-9-3-4-10-5-6-12(11(10)7-9)17-13-8-14(18)15(13)16/h3-4,7,12,17H,2,5-6,8,16H2,1H3. The number of aryl methyl sites for hydroxylation is 2. The van der Waals surface area contributed by atoms with E-state index in [9.17, 15) is 4.79 Å². The van der Waals surface area contributed by atoms with Gasteiger partial charge in [0, 0.05) is 5.70 Å². The van der Waals surface area contributed by atoms with Crippen molar-refractivity contribution in [3.05, 3.63) is 46.3 Å². The van der Waals surface area contributed by atoms with E-state index in [1.807, 2.05) is 0 Å². The van der Waals surface area contributed by atoms with E-state index in [1.165, 1.54) is 16.7 Å². The molecule has 94 valence electrons. The van der Waals surface area contributed by atoms with Crippen molar-refractivity contribution in [1.29, 1.82) is 0 Å². The van der Waals surface area contributed by atoms with Gasteiger partial charge in [0.15, 0.2) is 5.78 Å². The minimum Gasteiger partial charge on any atom is -0.394 e. The van der Waals surface area contributed by atoms with E-state index in [4.69, 9.17) is 5.73 Å². The summed E-state index contributed by atoms with van der Waals surface area (Å²) in [6, 6.07) is 7.06. The number of rotatable bonds is 3. The minimum atomic E-state index is 0.0676. The average Bonchev–Trinajstić information content (AvgIpc) is 2.80. The molecule has 3 nitrogen and oxygen atoms in total. The van der Waals surface area contributed by atoms with E-state index < -0.39 is 0 Å². The van der Waals surface area contributed by atoms with Crippen molar-refractivity contribution in [1.82, 2.24) is 5.32 Å². The van der Waals surface area contributed by atoms with Crippen LogP contribution in [0, 0.1) is 0 Å². The van der Waals surface area contributed by atoms with E-state index in [0.717, 1.165) is 25.0 Å². The maximum absolute atomic E-state index is 11.1. The molecule has 0 fully saturated rings. The van der Waals surface area contributed by atoms with Crippen molar-refractivity contribution in [2.75, 3.05) is 0 Å². The van der Waals surface area contributed by atoms with Crippen LogP contribution in [-0.2, 0) is 17.6 Å². The predicted octanol–water partition coefficient (Wildman–Crippen LogP) is 1.97. The third-order valence-electron chi connectivity index (χ3n) is 4.01. The smallest absolute Gasteiger partial charge is 0.186 e. The molecule has 0 radical (unpaired) electrons. The van der Waals surface area contributed by atoms with Crippen molar-refractivity contribution in [3.8, 4) is 0 Å². The summed E-state index contributed by atoms with van der Waals surface area (Å²) in [6.45, 7) is 2.17. The Morgan fingerprint density at radius 3 is 2.94 bits per heavy atom. The SMILES string of the molecule is CCc1ccc2c(c1)C(NC1=C(N)C(=O)C1)CC2. The lowest BCUT2D eigenvalue weighted by Gasteiger charge is -2.25. The predicted molar refractivity (Wildman–Crippen MR) is 70.9 cm³/mol. The van der Waals surface area contributed by atoms with Crippen LogP contribution in [0.4, 0.5) is 0 Å². The molecule has 0 bridgehead atoms. The quantitative estimate of drug-likeness (QED) is 0.852. The maximum Gasteiger partial charge on any atom is 0.186 e. The van der Waals surface area contributed by atoms with Crippen LogP contribution < -0.4 is 11.1 Å². The molecular formula is C15H18N2O. The molecule has 0 saturated heterocycles. The molecule has 1 aromatic rings. The van der Waals surface area contributed by atoms with Crippen LogP contribution in [0.1, 0.15) is 42.5 Å². The Morgan fingerprint density at radius 2 is 2.28 bits per heavy atom. The highest BCUT2D eigenvalue weighted by molar-refractivity contribution is 6.03. The highest BCUT2D eigenvalue weighted by Gasteiger charge is 2.29. The maximum atomic E-state index is 11.1. The molecule has 1 aromatic carbocycles. The number of carbonyl (C=O) groups excluding carboxylic acids is 1. The lowest BCUT2D eigenvalue weighted by atomic mass is 9.97. The molecule has 3 heteroatoms. The number of hydrogen-bond acceptors (Lipinski definition) is 3. The van der Waals surface area contributed by atoms with E-state index in [1.54, 1.807) is 0 Å². The summed E-state index contributed by atoms with van der Waals surface area (Å²) >= 11 is 0. The van der Waals surface area contributed by atoms with Gasteiger partial charge < -0.3 is 11.1 Å². The Morgan fingerprint density at radius 1 is 1.44 bits per heavy atom. The van der Waals surface area contributed by atoms with Crippen LogP contribution in [0.5, 0.6) is 0 Å². The number of ketones is 1. The summed E-state index contributed by atoms with van der Waals surface area (Å²) in [6.07, 6.45) is 3.74. The Balaban J connectivity index is 1.84. The monoisotopic (exact) mass is 242 g/mol. The van der Waals surface area contributed by atoms with Crippen molar-refractivity contribution in [2.45, 2.75) is 38.6 Å². The Hall–Kier alpha value is -1.77. The summed E-state index contributed by atoms with van der Waals surface area (Å²) in [4.78, 5) is 11.1. The van der Waals surface area contributed by atoms with Crippen LogP contribution in [-0.4, -0.2) is 5.78 Å². The highest BCUT2D eigenvalue weighted by Crippen LogP contribution is 2.34. The second kappa shape index (κ2) is 4.16. The van der Waals surface area contributed by atoms with E-state index >= 15 is 0 Å². The third-order valence-corrected chi connectivity index (χ3v) is 4.01. The number of hydrogen-bond donors (Lipinski definition) is 2. The van der Waals surface area contributed by atoms with Crippen molar-refractivity contribution >= 4 is 5.78 Å². The highest BCUT2D eigenvalue weighted by atomic mass is 16.1. The molecule has 3 rings (SSSR count). The number of nitrogens with two attached hydrogens (primary N) is 1. The first kappa shape index (κ1) is 11.3. The van der Waals surface area contributed by atoms with Gasteiger partial charge in [-0.3, -0.25) is 4.79 Å². The average molecular weight is 242 g/mol. The van der Waals surface area contributed by atoms with Crippen molar-refractivity contribution in [2.24, 2.45) is 5.73 Å². The second-order valence-corrected chi connectivity index (χ2v) is 5.11. The topological polar surface area (TPSA) is 55.1 Å². The van der Waals surface area contributed by atoms with Gasteiger partial charge in [0.1, 0.15) is 0 Å². The van der Waals surface area contributed by atoms with Crippen molar-refractivity contribution < 1.29 is 4.79 Å². The van der Waals surface area contributed by atoms with Gasteiger partial charge in [-0.25, -0.2) is 0 Å². The molecule has 0 aliphatic heterocycles. The summed E-state index contributed by atoms with van der Waals surface area (Å²) in [5, 5.41) is 3.44. The first-order chi connectivity index (χ1) is 8.69. The Kier molecular flexibility index (Phi) is 2.62. The molecule has 3 N–H and O–H groups in total. The number of carbonyl (C=O) groups is 1. The fraction of sp³-hybridized carbons (Fsp3) is 0.400. The fourth-order valence-corrected chi connectivity index (χ4v) is 2.77. The number of Topliss-reactive ketones (excluding diaryl/α,β-unsaturated/α-hetero) is 1. The van der Waals surface area contributed by atoms with Gasteiger partial charge in [0.25, 0.3) is 0 Å². The van der Waals surface area contributed by atoms with E-state index in [0.29, 0.717) is 18.2 Å². The normalized spacial score (nSPS) is 21.8. The summed E-state index contributed by atoms with van der Waals surface area (Å²) in [5.41, 5.74) is 11.2.